The van der Waals surface area contributed by atoms with Crippen molar-refractivity contribution in [2.24, 2.45) is 5.73 Å². The number of piperazine rings is 1. The molecule has 2 rings (SSSR count). The topological polar surface area (TPSA) is 41.3 Å². The fourth-order valence-corrected chi connectivity index (χ4v) is 2.45. The van der Waals surface area contributed by atoms with E-state index in [0.717, 1.165) is 30.7 Å². The summed E-state index contributed by atoms with van der Waals surface area (Å²) >= 11 is 3.34. The normalized spacial score (nSPS) is 19.2. The van der Waals surface area contributed by atoms with Crippen molar-refractivity contribution < 1.29 is 4.39 Å². The molecule has 0 aliphatic carbocycles. The Morgan fingerprint density at radius 2 is 2.12 bits per heavy atom. The third kappa shape index (κ3) is 3.48. The van der Waals surface area contributed by atoms with Crippen molar-refractivity contribution in [2.45, 2.75) is 6.04 Å². The first kappa shape index (κ1) is 13.0. The van der Waals surface area contributed by atoms with E-state index >= 15 is 0 Å². The molecule has 0 saturated carbocycles. The van der Waals surface area contributed by atoms with Crippen LogP contribution < -0.4 is 11.1 Å². The summed E-state index contributed by atoms with van der Waals surface area (Å²) in [6.45, 7) is 4.61. The number of nitrogens with zero attached hydrogens (tertiary/aromatic N) is 1. The molecule has 1 unspecified atom stereocenters. The molecule has 1 aromatic carbocycles. The van der Waals surface area contributed by atoms with E-state index in [1.165, 1.54) is 6.07 Å². The summed E-state index contributed by atoms with van der Waals surface area (Å²) in [6.07, 6.45) is 0. The van der Waals surface area contributed by atoms with Crippen molar-refractivity contribution in [3.8, 4) is 0 Å². The highest BCUT2D eigenvalue weighted by molar-refractivity contribution is 9.10. The fraction of sp³-hybridized carbons (Fsp3) is 0.500. The molecule has 1 aliphatic heterocycles. The first-order chi connectivity index (χ1) is 8.16. The Balaban J connectivity index is 2.02. The zero-order valence-corrected chi connectivity index (χ0v) is 11.2. The van der Waals surface area contributed by atoms with Crippen LogP contribution in [0.1, 0.15) is 11.6 Å². The van der Waals surface area contributed by atoms with Gasteiger partial charge in [0.05, 0.1) is 0 Å². The quantitative estimate of drug-likeness (QED) is 0.889. The lowest BCUT2D eigenvalue weighted by Gasteiger charge is -2.29. The van der Waals surface area contributed by atoms with Crippen molar-refractivity contribution in [3.05, 3.63) is 34.1 Å². The van der Waals surface area contributed by atoms with E-state index in [0.29, 0.717) is 12.1 Å². The van der Waals surface area contributed by atoms with Crippen LogP contribution in [-0.4, -0.2) is 37.6 Å². The third-order valence-corrected chi connectivity index (χ3v) is 3.52. The molecular formula is C12H17BrFN3. The minimum Gasteiger partial charge on any atom is -0.323 e. The molecule has 1 atom stereocenters. The molecule has 1 aliphatic rings. The number of hydrogen-bond donors (Lipinski definition) is 2. The molecule has 0 spiro atoms. The van der Waals surface area contributed by atoms with Crippen LogP contribution >= 0.6 is 15.9 Å². The summed E-state index contributed by atoms with van der Waals surface area (Å²) in [5, 5.41) is 3.28. The first-order valence-corrected chi connectivity index (χ1v) is 6.60. The second-order valence-electron chi connectivity index (χ2n) is 4.32. The Kier molecular flexibility index (Phi) is 4.50. The Labute approximate surface area is 109 Å². The molecule has 0 amide bonds. The summed E-state index contributed by atoms with van der Waals surface area (Å²) in [6, 6.07) is 4.64. The van der Waals surface area contributed by atoms with Gasteiger partial charge in [-0.05, 0) is 18.2 Å². The van der Waals surface area contributed by atoms with Crippen LogP contribution in [-0.2, 0) is 0 Å². The maximum Gasteiger partial charge on any atom is 0.128 e. The Hall–Kier alpha value is -0.490. The maximum absolute atomic E-state index is 13.6. The average Bonchev–Trinajstić information content (AvgIpc) is 2.33. The monoisotopic (exact) mass is 301 g/mol. The summed E-state index contributed by atoms with van der Waals surface area (Å²) in [4.78, 5) is 2.27. The van der Waals surface area contributed by atoms with Gasteiger partial charge in [0.15, 0.2) is 0 Å². The molecule has 1 heterocycles. The van der Waals surface area contributed by atoms with Gasteiger partial charge in [-0.2, -0.15) is 0 Å². The highest BCUT2D eigenvalue weighted by atomic mass is 79.9. The summed E-state index contributed by atoms with van der Waals surface area (Å²) in [7, 11) is 0. The van der Waals surface area contributed by atoms with E-state index < -0.39 is 0 Å². The molecule has 0 aromatic heterocycles. The minimum absolute atomic E-state index is 0.226. The predicted octanol–water partition coefficient (Wildman–Crippen LogP) is 1.49. The highest BCUT2D eigenvalue weighted by Crippen LogP contribution is 2.21. The third-order valence-electron chi connectivity index (χ3n) is 3.02. The van der Waals surface area contributed by atoms with Gasteiger partial charge in [-0.3, -0.25) is 4.90 Å². The lowest BCUT2D eigenvalue weighted by atomic mass is 10.1. The van der Waals surface area contributed by atoms with Gasteiger partial charge in [0.1, 0.15) is 5.82 Å². The highest BCUT2D eigenvalue weighted by Gasteiger charge is 2.17. The molecule has 1 fully saturated rings. The van der Waals surface area contributed by atoms with Gasteiger partial charge in [0.2, 0.25) is 0 Å². The van der Waals surface area contributed by atoms with E-state index in [-0.39, 0.29) is 11.9 Å². The molecule has 0 radical (unpaired) electrons. The van der Waals surface area contributed by atoms with Gasteiger partial charge in [-0.15, -0.1) is 0 Å². The molecular weight excluding hydrogens is 285 g/mol. The number of benzene rings is 1. The lowest BCUT2D eigenvalue weighted by Crippen LogP contribution is -2.46. The van der Waals surface area contributed by atoms with Crippen LogP contribution in [0.15, 0.2) is 22.7 Å². The fourth-order valence-electron chi connectivity index (χ4n) is 2.07. The molecule has 0 bridgehead atoms. The van der Waals surface area contributed by atoms with Gasteiger partial charge in [-0.1, -0.05) is 15.9 Å². The van der Waals surface area contributed by atoms with Crippen LogP contribution in [0.4, 0.5) is 4.39 Å². The average molecular weight is 302 g/mol. The molecule has 17 heavy (non-hydrogen) atoms. The molecule has 94 valence electrons. The molecule has 5 heteroatoms. The van der Waals surface area contributed by atoms with E-state index in [4.69, 9.17) is 5.73 Å². The van der Waals surface area contributed by atoms with Crippen molar-refractivity contribution in [2.75, 3.05) is 32.7 Å². The molecule has 3 nitrogen and oxygen atoms in total. The predicted molar refractivity (Wildman–Crippen MR) is 70.3 cm³/mol. The molecule has 3 N–H and O–H groups in total. The molecule has 1 saturated heterocycles. The largest absolute Gasteiger partial charge is 0.323 e. The van der Waals surface area contributed by atoms with E-state index in [1.54, 1.807) is 12.1 Å². The summed E-state index contributed by atoms with van der Waals surface area (Å²) in [5.41, 5.74) is 6.65. The van der Waals surface area contributed by atoms with Crippen LogP contribution in [0.2, 0.25) is 0 Å². The van der Waals surface area contributed by atoms with Crippen LogP contribution in [0.3, 0.4) is 0 Å². The summed E-state index contributed by atoms with van der Waals surface area (Å²) in [5.74, 6) is -0.226. The van der Waals surface area contributed by atoms with Crippen LogP contribution in [0, 0.1) is 5.82 Å². The second kappa shape index (κ2) is 5.91. The second-order valence-corrected chi connectivity index (χ2v) is 5.24. The SMILES string of the molecule is NC(CN1CCNCC1)c1cc(Br)ccc1F. The zero-order valence-electron chi connectivity index (χ0n) is 9.63. The van der Waals surface area contributed by atoms with Crippen molar-refractivity contribution in [1.82, 2.24) is 10.2 Å². The number of hydrogen-bond acceptors (Lipinski definition) is 3. The first-order valence-electron chi connectivity index (χ1n) is 5.80. The van der Waals surface area contributed by atoms with Gasteiger partial charge >= 0.3 is 0 Å². The van der Waals surface area contributed by atoms with Crippen LogP contribution in [0.25, 0.3) is 0 Å². The standard InChI is InChI=1S/C12H17BrFN3/c13-9-1-2-11(14)10(7-9)12(15)8-17-5-3-16-4-6-17/h1-2,7,12,16H,3-6,8,15H2. The lowest BCUT2D eigenvalue weighted by molar-refractivity contribution is 0.227. The summed E-state index contributed by atoms with van der Waals surface area (Å²) < 4.78 is 14.5. The Morgan fingerprint density at radius 3 is 2.82 bits per heavy atom. The van der Waals surface area contributed by atoms with Crippen LogP contribution in [0.5, 0.6) is 0 Å². The number of halogens is 2. The van der Waals surface area contributed by atoms with E-state index in [2.05, 4.69) is 26.1 Å². The van der Waals surface area contributed by atoms with Crippen molar-refractivity contribution in [1.29, 1.82) is 0 Å². The van der Waals surface area contributed by atoms with Gasteiger partial charge < -0.3 is 11.1 Å². The number of rotatable bonds is 3. The number of nitrogens with two attached hydrogens (primary N) is 1. The van der Waals surface area contributed by atoms with Gasteiger partial charge in [0.25, 0.3) is 0 Å². The Morgan fingerprint density at radius 1 is 1.41 bits per heavy atom. The number of nitrogens with one attached hydrogen (secondary N) is 1. The van der Waals surface area contributed by atoms with E-state index in [1.807, 2.05) is 0 Å². The van der Waals surface area contributed by atoms with E-state index in [9.17, 15) is 4.39 Å². The van der Waals surface area contributed by atoms with Gasteiger partial charge in [-0.25, -0.2) is 4.39 Å². The maximum atomic E-state index is 13.6. The zero-order chi connectivity index (χ0) is 12.3. The molecule has 1 aromatic rings. The Bertz CT molecular complexity index is 380. The van der Waals surface area contributed by atoms with Crippen molar-refractivity contribution >= 4 is 15.9 Å². The van der Waals surface area contributed by atoms with Gasteiger partial charge in [0, 0.05) is 48.8 Å². The smallest absolute Gasteiger partial charge is 0.128 e. The van der Waals surface area contributed by atoms with Crippen molar-refractivity contribution in [3.63, 3.8) is 0 Å². The minimum atomic E-state index is -0.273.